The third-order valence-corrected chi connectivity index (χ3v) is 4.07. The maximum absolute atomic E-state index is 12.7. The number of carbonyl (C=O) groups is 2. The van der Waals surface area contributed by atoms with Crippen molar-refractivity contribution in [1.29, 1.82) is 0 Å². The molecule has 2 rings (SSSR count). The summed E-state index contributed by atoms with van der Waals surface area (Å²) in [7, 11) is 0. The van der Waals surface area contributed by atoms with E-state index in [4.69, 9.17) is 0 Å². The second-order valence-corrected chi connectivity index (χ2v) is 6.78. The van der Waals surface area contributed by atoms with Crippen molar-refractivity contribution in [1.82, 2.24) is 15.1 Å². The Morgan fingerprint density at radius 1 is 1.23 bits per heavy atom. The Balaban J connectivity index is 2.46. The minimum absolute atomic E-state index is 0.0728. The van der Waals surface area contributed by atoms with E-state index >= 15 is 0 Å². The molecule has 0 aliphatic heterocycles. The molecule has 1 amide bonds. The van der Waals surface area contributed by atoms with Crippen LogP contribution in [0.3, 0.4) is 0 Å². The fourth-order valence-corrected chi connectivity index (χ4v) is 2.76. The summed E-state index contributed by atoms with van der Waals surface area (Å²) < 4.78 is 1.28. The third-order valence-electron chi connectivity index (χ3n) is 4.07. The summed E-state index contributed by atoms with van der Waals surface area (Å²) in [5.41, 5.74) is -0.185. The van der Waals surface area contributed by atoms with Gasteiger partial charge in [-0.3, -0.25) is 9.59 Å². The number of hydrogen-bond acceptors (Lipinski definition) is 4. The van der Waals surface area contributed by atoms with Crippen molar-refractivity contribution in [3.8, 4) is 0 Å². The van der Waals surface area contributed by atoms with Crippen LogP contribution in [0, 0.1) is 5.92 Å². The summed E-state index contributed by atoms with van der Waals surface area (Å²) in [6.45, 7) is 6.24. The molecule has 0 saturated heterocycles. The molecule has 0 radical (unpaired) electrons. The number of fused-ring (bicyclic) bond motifs is 1. The molecule has 1 aromatic carbocycles. The summed E-state index contributed by atoms with van der Waals surface area (Å²) in [4.78, 5) is 36.7. The van der Waals surface area contributed by atoms with Gasteiger partial charge in [0.1, 0.15) is 6.04 Å². The lowest BCUT2D eigenvalue weighted by molar-refractivity contribution is -0.139. The van der Waals surface area contributed by atoms with Crippen molar-refractivity contribution in [2.75, 3.05) is 0 Å². The van der Waals surface area contributed by atoms with E-state index in [2.05, 4.69) is 10.4 Å². The van der Waals surface area contributed by atoms with Gasteiger partial charge in [0.15, 0.2) is 5.69 Å². The van der Waals surface area contributed by atoms with E-state index in [0.29, 0.717) is 30.2 Å². The molecule has 0 spiro atoms. The van der Waals surface area contributed by atoms with E-state index in [1.54, 1.807) is 24.3 Å². The quantitative estimate of drug-likeness (QED) is 0.754. The highest BCUT2D eigenvalue weighted by molar-refractivity contribution is 6.05. The number of amides is 1. The molecule has 7 nitrogen and oxygen atoms in total. The second-order valence-electron chi connectivity index (χ2n) is 6.78. The Bertz CT molecular complexity index is 857. The summed E-state index contributed by atoms with van der Waals surface area (Å²) >= 11 is 0. The first kappa shape index (κ1) is 19.6. The zero-order valence-corrected chi connectivity index (χ0v) is 15.4. The fourth-order valence-electron chi connectivity index (χ4n) is 2.76. The van der Waals surface area contributed by atoms with E-state index in [0.717, 1.165) is 6.42 Å². The molecule has 140 valence electrons. The Kier molecular flexibility index (Phi) is 6.49. The first-order valence-corrected chi connectivity index (χ1v) is 8.88. The van der Waals surface area contributed by atoms with Crippen molar-refractivity contribution in [3.63, 3.8) is 0 Å². The number of aromatic nitrogens is 2. The lowest BCUT2D eigenvalue weighted by Gasteiger charge is -2.16. The minimum Gasteiger partial charge on any atom is -0.480 e. The molecule has 0 saturated carbocycles. The molecule has 0 fully saturated rings. The number of rotatable bonds is 8. The number of carboxylic acid groups (broad SMARTS) is 1. The van der Waals surface area contributed by atoms with E-state index in [9.17, 15) is 19.5 Å². The van der Waals surface area contributed by atoms with Crippen LogP contribution < -0.4 is 10.9 Å². The highest BCUT2D eigenvalue weighted by atomic mass is 16.4. The second kappa shape index (κ2) is 8.60. The van der Waals surface area contributed by atoms with Gasteiger partial charge in [0.25, 0.3) is 11.5 Å². The van der Waals surface area contributed by atoms with Gasteiger partial charge in [-0.1, -0.05) is 51.8 Å². The van der Waals surface area contributed by atoms with Crippen LogP contribution >= 0.6 is 0 Å². The largest absolute Gasteiger partial charge is 0.480 e. The van der Waals surface area contributed by atoms with Gasteiger partial charge in [0.2, 0.25) is 0 Å². The van der Waals surface area contributed by atoms with Crippen LogP contribution in [0.5, 0.6) is 0 Å². The van der Waals surface area contributed by atoms with Crippen molar-refractivity contribution < 1.29 is 14.7 Å². The lowest BCUT2D eigenvalue weighted by Crippen LogP contribution is -2.42. The topological polar surface area (TPSA) is 101 Å². The van der Waals surface area contributed by atoms with Crippen LogP contribution in [0.15, 0.2) is 29.1 Å². The summed E-state index contributed by atoms with van der Waals surface area (Å²) in [6.07, 6.45) is 1.87. The molecule has 1 aromatic heterocycles. The monoisotopic (exact) mass is 359 g/mol. The molecule has 2 N–H and O–H groups in total. The third kappa shape index (κ3) is 4.47. The molecule has 0 bridgehead atoms. The maximum atomic E-state index is 12.7. The van der Waals surface area contributed by atoms with Crippen LogP contribution in [0.4, 0.5) is 0 Å². The molecule has 26 heavy (non-hydrogen) atoms. The summed E-state index contributed by atoms with van der Waals surface area (Å²) in [6, 6.07) is 5.78. The van der Waals surface area contributed by atoms with Gasteiger partial charge < -0.3 is 10.4 Å². The number of nitrogens with one attached hydrogen (secondary N) is 1. The van der Waals surface area contributed by atoms with Crippen LogP contribution in [-0.2, 0) is 11.3 Å². The zero-order valence-electron chi connectivity index (χ0n) is 15.4. The van der Waals surface area contributed by atoms with Gasteiger partial charge in [-0.2, -0.15) is 5.10 Å². The van der Waals surface area contributed by atoms with Gasteiger partial charge in [0.05, 0.1) is 5.39 Å². The number of carbonyl (C=O) groups excluding carboxylic acids is 1. The van der Waals surface area contributed by atoms with Gasteiger partial charge in [-0.25, -0.2) is 9.48 Å². The SMILES string of the molecule is CCCCC(NC(=O)c1nn(CC(C)C)c(=O)c2ccccc12)C(=O)O. The number of aliphatic carboxylic acids is 1. The molecule has 2 aromatic rings. The van der Waals surface area contributed by atoms with Crippen LogP contribution in [-0.4, -0.2) is 32.8 Å². The van der Waals surface area contributed by atoms with Crippen molar-refractivity contribution in [2.24, 2.45) is 5.92 Å². The smallest absolute Gasteiger partial charge is 0.326 e. The van der Waals surface area contributed by atoms with E-state index in [-0.39, 0.29) is 17.2 Å². The predicted molar refractivity (Wildman–Crippen MR) is 99.3 cm³/mol. The molecule has 0 aliphatic carbocycles. The molecule has 1 unspecified atom stereocenters. The normalized spacial score (nSPS) is 12.3. The van der Waals surface area contributed by atoms with E-state index in [1.165, 1.54) is 4.68 Å². The van der Waals surface area contributed by atoms with Crippen LogP contribution in [0.1, 0.15) is 50.5 Å². The van der Waals surface area contributed by atoms with E-state index in [1.807, 2.05) is 20.8 Å². The molecular formula is C19H25N3O4. The number of benzene rings is 1. The Labute approximate surface area is 152 Å². The summed E-state index contributed by atoms with van der Waals surface area (Å²) in [5.74, 6) is -1.48. The number of unbranched alkanes of at least 4 members (excludes halogenated alkanes) is 1. The molecule has 7 heteroatoms. The number of carboxylic acids is 1. The van der Waals surface area contributed by atoms with Crippen LogP contribution in [0.2, 0.25) is 0 Å². The Hall–Kier alpha value is -2.70. The fraction of sp³-hybridized carbons (Fsp3) is 0.474. The average Bonchev–Trinajstić information content (AvgIpc) is 2.60. The van der Waals surface area contributed by atoms with Gasteiger partial charge in [0, 0.05) is 11.9 Å². The van der Waals surface area contributed by atoms with Crippen molar-refractivity contribution in [3.05, 3.63) is 40.3 Å². The van der Waals surface area contributed by atoms with Gasteiger partial charge in [-0.15, -0.1) is 0 Å². The van der Waals surface area contributed by atoms with Crippen molar-refractivity contribution >= 4 is 22.6 Å². The lowest BCUT2D eigenvalue weighted by atomic mass is 10.1. The molecule has 1 atom stereocenters. The van der Waals surface area contributed by atoms with Gasteiger partial charge in [-0.05, 0) is 18.4 Å². The molecule has 0 aliphatic rings. The highest BCUT2D eigenvalue weighted by Gasteiger charge is 2.23. The van der Waals surface area contributed by atoms with E-state index < -0.39 is 17.9 Å². The Morgan fingerprint density at radius 3 is 2.46 bits per heavy atom. The molecule has 1 heterocycles. The molecular weight excluding hydrogens is 334 g/mol. The first-order valence-electron chi connectivity index (χ1n) is 8.88. The minimum atomic E-state index is -1.08. The van der Waals surface area contributed by atoms with Gasteiger partial charge >= 0.3 is 5.97 Å². The Morgan fingerprint density at radius 2 is 1.88 bits per heavy atom. The highest BCUT2D eigenvalue weighted by Crippen LogP contribution is 2.14. The standard InChI is InChI=1S/C19H25N3O4/c1-4-5-10-15(19(25)26)20-17(23)16-13-8-6-7-9-14(13)18(24)22(21-16)11-12(2)3/h6-9,12,15H,4-5,10-11H2,1-3H3,(H,20,23)(H,25,26). The summed E-state index contributed by atoms with van der Waals surface area (Å²) in [5, 5.41) is 16.9. The number of hydrogen-bond donors (Lipinski definition) is 2. The van der Waals surface area contributed by atoms with Crippen LogP contribution in [0.25, 0.3) is 10.8 Å². The predicted octanol–water partition coefficient (Wildman–Crippen LogP) is 2.43. The number of nitrogens with zero attached hydrogens (tertiary/aromatic N) is 2. The van der Waals surface area contributed by atoms with Crippen molar-refractivity contribution in [2.45, 2.75) is 52.6 Å². The maximum Gasteiger partial charge on any atom is 0.326 e. The zero-order chi connectivity index (χ0) is 19.3. The first-order chi connectivity index (χ1) is 12.3. The average molecular weight is 359 g/mol.